The predicted molar refractivity (Wildman–Crippen MR) is 105 cm³/mol. The van der Waals surface area contributed by atoms with Crippen LogP contribution in [0, 0.1) is 0 Å². The second kappa shape index (κ2) is 5.56. The minimum atomic E-state index is -0.0778. The van der Waals surface area contributed by atoms with Gasteiger partial charge >= 0.3 is 0 Å². The SMILES string of the molecule is CC(C)(C)c1ccc2c(c1)/C(=C/c1cnc3ccc(Br)cn13)C(=O)N2. The lowest BCUT2D eigenvalue weighted by Crippen LogP contribution is -2.10. The highest BCUT2D eigenvalue weighted by Gasteiger charge is 2.26. The van der Waals surface area contributed by atoms with Gasteiger partial charge in [0.2, 0.25) is 0 Å². The van der Waals surface area contributed by atoms with Gasteiger partial charge in [-0.05, 0) is 57.2 Å². The summed E-state index contributed by atoms with van der Waals surface area (Å²) in [5, 5.41) is 2.95. The van der Waals surface area contributed by atoms with Crippen molar-refractivity contribution in [3.05, 3.63) is 64.0 Å². The van der Waals surface area contributed by atoms with Crippen LogP contribution in [-0.4, -0.2) is 15.3 Å². The number of imidazole rings is 1. The average molecular weight is 396 g/mol. The van der Waals surface area contributed by atoms with E-state index in [1.165, 1.54) is 5.56 Å². The summed E-state index contributed by atoms with van der Waals surface area (Å²) in [5.41, 5.74) is 5.42. The number of aromatic nitrogens is 2. The number of carbonyl (C=O) groups is 1. The van der Waals surface area contributed by atoms with Gasteiger partial charge in [-0.25, -0.2) is 4.98 Å². The fourth-order valence-electron chi connectivity index (χ4n) is 3.03. The molecule has 0 atom stereocenters. The number of amides is 1. The molecule has 25 heavy (non-hydrogen) atoms. The first kappa shape index (κ1) is 16.1. The van der Waals surface area contributed by atoms with Crippen LogP contribution in [-0.2, 0) is 10.2 Å². The van der Waals surface area contributed by atoms with E-state index < -0.39 is 0 Å². The Kier molecular flexibility index (Phi) is 3.58. The molecule has 2 aromatic heterocycles. The molecule has 0 spiro atoms. The molecule has 4 nitrogen and oxygen atoms in total. The van der Waals surface area contributed by atoms with Crippen molar-refractivity contribution in [2.45, 2.75) is 26.2 Å². The van der Waals surface area contributed by atoms with Crippen LogP contribution in [0.15, 0.2) is 47.2 Å². The van der Waals surface area contributed by atoms with E-state index in [4.69, 9.17) is 0 Å². The Hall–Kier alpha value is -2.40. The van der Waals surface area contributed by atoms with Gasteiger partial charge in [-0.3, -0.25) is 9.20 Å². The van der Waals surface area contributed by atoms with E-state index in [0.717, 1.165) is 27.1 Å². The van der Waals surface area contributed by atoms with Crippen LogP contribution in [0.4, 0.5) is 5.69 Å². The Bertz CT molecular complexity index is 1040. The Morgan fingerprint density at radius 3 is 2.76 bits per heavy atom. The minimum absolute atomic E-state index is 0.0277. The van der Waals surface area contributed by atoms with Crippen molar-refractivity contribution in [2.24, 2.45) is 0 Å². The van der Waals surface area contributed by atoms with Gasteiger partial charge in [0.25, 0.3) is 5.91 Å². The molecule has 1 aromatic carbocycles. The monoisotopic (exact) mass is 395 g/mol. The fourth-order valence-corrected chi connectivity index (χ4v) is 3.36. The number of pyridine rings is 1. The van der Waals surface area contributed by atoms with Gasteiger partial charge in [0.15, 0.2) is 0 Å². The second-order valence-electron chi connectivity index (χ2n) is 7.28. The predicted octanol–water partition coefficient (Wildman–Crippen LogP) is 4.89. The molecule has 0 saturated carbocycles. The average Bonchev–Trinajstić information content (AvgIpc) is 3.08. The molecule has 3 aromatic rings. The van der Waals surface area contributed by atoms with Gasteiger partial charge in [0.1, 0.15) is 5.65 Å². The van der Waals surface area contributed by atoms with Crippen LogP contribution in [0.2, 0.25) is 0 Å². The summed E-state index contributed by atoms with van der Waals surface area (Å²) >= 11 is 3.48. The molecule has 1 aliphatic rings. The molecular weight excluding hydrogens is 378 g/mol. The third-order valence-electron chi connectivity index (χ3n) is 4.46. The lowest BCUT2D eigenvalue weighted by molar-refractivity contribution is -0.110. The minimum Gasteiger partial charge on any atom is -0.321 e. The van der Waals surface area contributed by atoms with Crippen molar-refractivity contribution < 1.29 is 4.79 Å². The number of rotatable bonds is 1. The van der Waals surface area contributed by atoms with Crippen molar-refractivity contribution in [3.8, 4) is 0 Å². The van der Waals surface area contributed by atoms with Crippen LogP contribution in [0.3, 0.4) is 0 Å². The van der Waals surface area contributed by atoms with Gasteiger partial charge in [-0.2, -0.15) is 0 Å². The number of hydrogen-bond acceptors (Lipinski definition) is 2. The molecule has 4 rings (SSSR count). The van der Waals surface area contributed by atoms with E-state index in [1.807, 2.05) is 34.9 Å². The van der Waals surface area contributed by atoms with Crippen LogP contribution in [0.25, 0.3) is 17.3 Å². The highest BCUT2D eigenvalue weighted by molar-refractivity contribution is 9.10. The maximum atomic E-state index is 12.5. The first-order valence-electron chi connectivity index (χ1n) is 8.13. The number of benzene rings is 1. The number of carbonyl (C=O) groups excluding carboxylic acids is 1. The van der Waals surface area contributed by atoms with E-state index in [9.17, 15) is 4.79 Å². The van der Waals surface area contributed by atoms with Crippen LogP contribution >= 0.6 is 15.9 Å². The molecule has 0 aliphatic carbocycles. The summed E-state index contributed by atoms with van der Waals surface area (Å²) in [6.07, 6.45) is 5.64. The number of fused-ring (bicyclic) bond motifs is 2. The molecule has 0 fully saturated rings. The van der Waals surface area contributed by atoms with E-state index in [2.05, 4.69) is 59.1 Å². The summed E-state index contributed by atoms with van der Waals surface area (Å²) in [5.74, 6) is -0.0778. The number of nitrogens with zero attached hydrogens (tertiary/aromatic N) is 2. The zero-order valence-electron chi connectivity index (χ0n) is 14.3. The van der Waals surface area contributed by atoms with E-state index in [0.29, 0.717) is 5.57 Å². The molecule has 5 heteroatoms. The van der Waals surface area contributed by atoms with E-state index in [-0.39, 0.29) is 11.3 Å². The van der Waals surface area contributed by atoms with Gasteiger partial charge in [-0.1, -0.05) is 26.8 Å². The molecular formula is C20H18BrN3O. The molecule has 1 amide bonds. The molecule has 1 aliphatic heterocycles. The third kappa shape index (κ3) is 2.78. The quantitative estimate of drug-likeness (QED) is 0.596. The Morgan fingerprint density at radius 1 is 1.20 bits per heavy atom. The van der Waals surface area contributed by atoms with Crippen molar-refractivity contribution >= 4 is 44.8 Å². The highest BCUT2D eigenvalue weighted by atomic mass is 79.9. The van der Waals surface area contributed by atoms with Gasteiger partial charge in [-0.15, -0.1) is 0 Å². The van der Waals surface area contributed by atoms with Crippen LogP contribution in [0.5, 0.6) is 0 Å². The van der Waals surface area contributed by atoms with Crippen LogP contribution in [0.1, 0.15) is 37.6 Å². The van der Waals surface area contributed by atoms with Gasteiger partial charge < -0.3 is 5.32 Å². The summed E-state index contributed by atoms with van der Waals surface area (Å²) in [4.78, 5) is 16.9. The number of halogens is 1. The lowest BCUT2D eigenvalue weighted by atomic mass is 9.85. The Labute approximate surface area is 154 Å². The summed E-state index contributed by atoms with van der Waals surface area (Å²) in [6.45, 7) is 6.51. The summed E-state index contributed by atoms with van der Waals surface area (Å²) in [7, 11) is 0. The van der Waals surface area contributed by atoms with Crippen molar-refractivity contribution in [1.29, 1.82) is 0 Å². The standard InChI is InChI=1S/C20H18BrN3O/c1-20(2,3)12-4-6-17-15(8-12)16(19(25)23-17)9-14-10-22-18-7-5-13(21)11-24(14)18/h4-11H,1-3H3,(H,23,25)/b16-9-. The smallest absolute Gasteiger partial charge is 0.256 e. The molecule has 0 bridgehead atoms. The third-order valence-corrected chi connectivity index (χ3v) is 4.93. The first-order valence-corrected chi connectivity index (χ1v) is 8.93. The van der Waals surface area contributed by atoms with E-state index >= 15 is 0 Å². The molecule has 126 valence electrons. The van der Waals surface area contributed by atoms with Crippen molar-refractivity contribution in [1.82, 2.24) is 9.38 Å². The molecule has 3 heterocycles. The normalized spacial score (nSPS) is 15.7. The zero-order chi connectivity index (χ0) is 17.8. The van der Waals surface area contributed by atoms with Gasteiger partial charge in [0, 0.05) is 21.9 Å². The maximum Gasteiger partial charge on any atom is 0.256 e. The van der Waals surface area contributed by atoms with Gasteiger partial charge in [0.05, 0.1) is 17.5 Å². The Morgan fingerprint density at radius 2 is 2.00 bits per heavy atom. The van der Waals surface area contributed by atoms with E-state index in [1.54, 1.807) is 6.20 Å². The molecule has 0 radical (unpaired) electrons. The maximum absolute atomic E-state index is 12.5. The zero-order valence-corrected chi connectivity index (χ0v) is 15.9. The highest BCUT2D eigenvalue weighted by Crippen LogP contribution is 2.36. The van der Waals surface area contributed by atoms with Crippen LogP contribution < -0.4 is 5.32 Å². The molecule has 1 N–H and O–H groups in total. The van der Waals surface area contributed by atoms with Crippen molar-refractivity contribution in [2.75, 3.05) is 5.32 Å². The summed E-state index contributed by atoms with van der Waals surface area (Å²) < 4.78 is 2.93. The topological polar surface area (TPSA) is 46.4 Å². The van der Waals surface area contributed by atoms with Crippen molar-refractivity contribution in [3.63, 3.8) is 0 Å². The largest absolute Gasteiger partial charge is 0.321 e. The number of anilines is 1. The Balaban J connectivity index is 1.87. The lowest BCUT2D eigenvalue weighted by Gasteiger charge is -2.19. The second-order valence-corrected chi connectivity index (χ2v) is 8.20. The first-order chi connectivity index (χ1) is 11.8. The number of nitrogens with one attached hydrogen (secondary N) is 1. The molecule has 0 saturated heterocycles. The number of hydrogen-bond donors (Lipinski definition) is 1. The fraction of sp³-hybridized carbons (Fsp3) is 0.200. The molecule has 0 unspecified atom stereocenters. The summed E-state index contributed by atoms with van der Waals surface area (Å²) in [6, 6.07) is 10.1.